The summed E-state index contributed by atoms with van der Waals surface area (Å²) in [5.74, 6) is -1.47. The molecule has 1 amide bonds. The Morgan fingerprint density at radius 2 is 1.62 bits per heavy atom. The van der Waals surface area contributed by atoms with Crippen molar-refractivity contribution in [3.63, 3.8) is 0 Å². The van der Waals surface area contributed by atoms with Gasteiger partial charge in [0.2, 0.25) is 10.0 Å². The number of carbonyl (C=O) groups is 1. The molecular weight excluding hydrogens is 436 g/mol. The quantitative estimate of drug-likeness (QED) is 0.671. The van der Waals surface area contributed by atoms with Crippen molar-refractivity contribution in [2.45, 2.75) is 11.1 Å². The number of halogens is 5. The molecule has 2 aromatic rings. The molecule has 0 N–H and O–H groups in total. The van der Waals surface area contributed by atoms with Crippen LogP contribution in [0.25, 0.3) is 0 Å². The van der Waals surface area contributed by atoms with Gasteiger partial charge in [-0.15, -0.1) is 0 Å². The van der Waals surface area contributed by atoms with Gasteiger partial charge in [-0.3, -0.25) is 4.79 Å². The summed E-state index contributed by atoms with van der Waals surface area (Å²) in [6, 6.07) is 7.28. The Bertz CT molecular complexity index is 1020. The molecule has 1 aliphatic rings. The number of carbonyl (C=O) groups excluding carboxylic acids is 1. The van der Waals surface area contributed by atoms with E-state index in [-0.39, 0.29) is 36.8 Å². The van der Waals surface area contributed by atoms with Gasteiger partial charge in [-0.1, -0.05) is 23.7 Å². The van der Waals surface area contributed by atoms with Crippen molar-refractivity contribution in [2.75, 3.05) is 26.2 Å². The van der Waals surface area contributed by atoms with Crippen LogP contribution in [0.15, 0.2) is 47.4 Å². The molecule has 1 fully saturated rings. The van der Waals surface area contributed by atoms with Gasteiger partial charge in [-0.2, -0.15) is 17.5 Å². The first-order valence-corrected chi connectivity index (χ1v) is 10.2. The molecule has 0 aromatic heterocycles. The summed E-state index contributed by atoms with van der Waals surface area (Å²) in [4.78, 5) is 13.3. The number of hydrogen-bond donors (Lipinski definition) is 0. The van der Waals surface area contributed by atoms with Crippen molar-refractivity contribution in [3.05, 3.63) is 64.4 Å². The number of rotatable bonds is 3. The van der Waals surface area contributed by atoms with Crippen LogP contribution >= 0.6 is 11.6 Å². The van der Waals surface area contributed by atoms with E-state index in [9.17, 15) is 30.8 Å². The standard InChI is InChI=1S/C18H15ClF4N2O3S/c19-14-5-2-6-15(20)16(14)17(26)24-7-9-25(10-8-24)29(27,28)13-4-1-3-12(11-13)18(21,22)23/h1-6,11H,7-10H2. The van der Waals surface area contributed by atoms with Gasteiger partial charge < -0.3 is 4.90 Å². The summed E-state index contributed by atoms with van der Waals surface area (Å²) < 4.78 is 78.9. The van der Waals surface area contributed by atoms with Gasteiger partial charge in [0.25, 0.3) is 5.91 Å². The Hall–Kier alpha value is -2.17. The van der Waals surface area contributed by atoms with Crippen molar-refractivity contribution in [3.8, 4) is 0 Å². The molecule has 0 radical (unpaired) electrons. The number of hydrogen-bond acceptors (Lipinski definition) is 3. The first kappa shape index (κ1) is 21.5. The SMILES string of the molecule is O=C(c1c(F)cccc1Cl)N1CCN(S(=O)(=O)c2cccc(C(F)(F)F)c2)CC1. The van der Waals surface area contributed by atoms with E-state index in [1.165, 1.54) is 17.0 Å². The molecule has 29 heavy (non-hydrogen) atoms. The normalized spacial score (nSPS) is 16.1. The largest absolute Gasteiger partial charge is 0.416 e. The lowest BCUT2D eigenvalue weighted by atomic mass is 10.1. The van der Waals surface area contributed by atoms with Crippen LogP contribution in [0.5, 0.6) is 0 Å². The van der Waals surface area contributed by atoms with Crippen LogP contribution < -0.4 is 0 Å². The van der Waals surface area contributed by atoms with Crippen LogP contribution in [0.3, 0.4) is 0 Å². The van der Waals surface area contributed by atoms with Gasteiger partial charge in [0.15, 0.2) is 0 Å². The lowest BCUT2D eigenvalue weighted by molar-refractivity contribution is -0.137. The summed E-state index contributed by atoms with van der Waals surface area (Å²) >= 11 is 5.89. The molecule has 1 saturated heterocycles. The number of benzene rings is 2. The first-order chi connectivity index (χ1) is 13.5. The van der Waals surface area contributed by atoms with Gasteiger partial charge in [-0.05, 0) is 30.3 Å². The zero-order valence-corrected chi connectivity index (χ0v) is 16.4. The topological polar surface area (TPSA) is 57.7 Å². The average molecular weight is 451 g/mol. The highest BCUT2D eigenvalue weighted by Gasteiger charge is 2.35. The molecule has 0 atom stereocenters. The number of nitrogens with zero attached hydrogens (tertiary/aromatic N) is 2. The Kier molecular flexibility index (Phi) is 5.88. The Morgan fingerprint density at radius 3 is 2.21 bits per heavy atom. The summed E-state index contributed by atoms with van der Waals surface area (Å²) in [6.07, 6.45) is -4.67. The minimum atomic E-state index is -4.67. The van der Waals surface area contributed by atoms with Crippen molar-refractivity contribution in [1.82, 2.24) is 9.21 Å². The van der Waals surface area contributed by atoms with E-state index in [1.54, 1.807) is 0 Å². The maximum Gasteiger partial charge on any atom is 0.416 e. The molecular formula is C18H15ClF4N2O3S. The van der Waals surface area contributed by atoms with E-state index in [2.05, 4.69) is 0 Å². The van der Waals surface area contributed by atoms with Crippen molar-refractivity contribution in [1.29, 1.82) is 0 Å². The second kappa shape index (κ2) is 7.92. The third-order valence-electron chi connectivity index (χ3n) is 4.50. The van der Waals surface area contributed by atoms with Crippen molar-refractivity contribution >= 4 is 27.5 Å². The molecule has 11 heteroatoms. The third-order valence-corrected chi connectivity index (χ3v) is 6.71. The summed E-state index contributed by atoms with van der Waals surface area (Å²) in [7, 11) is -4.18. The predicted octanol–water partition coefficient (Wildman–Crippen LogP) is 3.64. The maximum atomic E-state index is 13.9. The molecule has 1 aliphatic heterocycles. The zero-order chi connectivity index (χ0) is 21.4. The van der Waals surface area contributed by atoms with E-state index in [0.717, 1.165) is 28.6 Å². The second-order valence-electron chi connectivity index (χ2n) is 6.32. The monoisotopic (exact) mass is 450 g/mol. The minimum Gasteiger partial charge on any atom is -0.336 e. The molecule has 2 aromatic carbocycles. The average Bonchev–Trinajstić information content (AvgIpc) is 2.67. The highest BCUT2D eigenvalue weighted by molar-refractivity contribution is 7.89. The lowest BCUT2D eigenvalue weighted by Gasteiger charge is -2.34. The van der Waals surface area contributed by atoms with Crippen LogP contribution in [-0.2, 0) is 16.2 Å². The van der Waals surface area contributed by atoms with Crippen molar-refractivity contribution in [2.24, 2.45) is 0 Å². The fourth-order valence-corrected chi connectivity index (χ4v) is 4.69. The predicted molar refractivity (Wildman–Crippen MR) is 97.5 cm³/mol. The Morgan fingerprint density at radius 1 is 1.00 bits per heavy atom. The van der Waals surface area contributed by atoms with Crippen LogP contribution in [0.1, 0.15) is 15.9 Å². The molecule has 5 nitrogen and oxygen atoms in total. The molecule has 3 rings (SSSR count). The van der Waals surface area contributed by atoms with Gasteiger partial charge in [-0.25, -0.2) is 12.8 Å². The molecule has 1 heterocycles. The Balaban J connectivity index is 1.76. The number of piperazine rings is 1. The van der Waals surface area contributed by atoms with Gasteiger partial charge in [0.1, 0.15) is 5.82 Å². The highest BCUT2D eigenvalue weighted by Crippen LogP contribution is 2.31. The Labute approximate surface area is 169 Å². The molecule has 156 valence electrons. The van der Waals surface area contributed by atoms with Gasteiger partial charge in [0, 0.05) is 26.2 Å². The molecule has 0 bridgehead atoms. The summed E-state index contributed by atoms with van der Waals surface area (Å²) in [5.41, 5.74) is -1.37. The van der Waals surface area contributed by atoms with Crippen LogP contribution in [0.2, 0.25) is 5.02 Å². The number of sulfonamides is 1. The molecule has 0 spiro atoms. The van der Waals surface area contributed by atoms with Gasteiger partial charge in [0.05, 0.1) is 21.0 Å². The van der Waals surface area contributed by atoms with E-state index in [1.807, 2.05) is 0 Å². The zero-order valence-electron chi connectivity index (χ0n) is 14.8. The summed E-state index contributed by atoms with van der Waals surface area (Å²) in [5, 5.41) is -0.0611. The minimum absolute atomic E-state index is 0.0539. The third kappa shape index (κ3) is 4.39. The van der Waals surface area contributed by atoms with E-state index < -0.39 is 38.4 Å². The van der Waals surface area contributed by atoms with Crippen LogP contribution in [-0.4, -0.2) is 49.7 Å². The smallest absolute Gasteiger partial charge is 0.336 e. The van der Waals surface area contributed by atoms with Crippen LogP contribution in [0.4, 0.5) is 17.6 Å². The van der Waals surface area contributed by atoms with E-state index in [4.69, 9.17) is 11.6 Å². The molecule has 0 aliphatic carbocycles. The lowest BCUT2D eigenvalue weighted by Crippen LogP contribution is -2.50. The summed E-state index contributed by atoms with van der Waals surface area (Å²) in [6.45, 7) is -0.393. The maximum absolute atomic E-state index is 13.9. The highest BCUT2D eigenvalue weighted by atomic mass is 35.5. The van der Waals surface area contributed by atoms with Crippen LogP contribution in [0, 0.1) is 5.82 Å². The van der Waals surface area contributed by atoms with Crippen molar-refractivity contribution < 1.29 is 30.8 Å². The van der Waals surface area contributed by atoms with E-state index >= 15 is 0 Å². The number of amides is 1. The molecule has 0 unspecified atom stereocenters. The second-order valence-corrected chi connectivity index (χ2v) is 8.66. The fraction of sp³-hybridized carbons (Fsp3) is 0.278. The van der Waals surface area contributed by atoms with E-state index in [0.29, 0.717) is 6.07 Å². The fourth-order valence-electron chi connectivity index (χ4n) is 2.97. The first-order valence-electron chi connectivity index (χ1n) is 8.42. The van der Waals surface area contributed by atoms with Gasteiger partial charge >= 0.3 is 6.18 Å². The molecule has 0 saturated carbocycles. The number of alkyl halides is 3.